The van der Waals surface area contributed by atoms with Crippen LogP contribution in [0.15, 0.2) is 42.7 Å². The number of benzene rings is 1. The highest BCUT2D eigenvalue weighted by Gasteiger charge is 2.09. The number of rotatable bonds is 3. The van der Waals surface area contributed by atoms with Crippen LogP contribution in [-0.2, 0) is 0 Å². The Morgan fingerprint density at radius 3 is 2.59 bits per heavy atom. The lowest BCUT2D eigenvalue weighted by atomic mass is 10.2. The largest absolute Gasteiger partial charge is 0.478 e. The first-order chi connectivity index (χ1) is 8.16. The third kappa shape index (κ3) is 2.73. The average molecular weight is 249 g/mol. The third-order valence-electron chi connectivity index (χ3n) is 2.17. The minimum absolute atomic E-state index is 0.127. The predicted molar refractivity (Wildman–Crippen MR) is 65.9 cm³/mol. The summed E-state index contributed by atoms with van der Waals surface area (Å²) in [5.74, 6) is -1.02. The van der Waals surface area contributed by atoms with Crippen molar-refractivity contribution >= 4 is 28.9 Å². The number of halogens is 1. The van der Waals surface area contributed by atoms with Gasteiger partial charge in [0, 0.05) is 23.1 Å². The van der Waals surface area contributed by atoms with Gasteiger partial charge in [-0.3, -0.25) is 4.98 Å². The molecular formula is C12H9ClN2O2. The van der Waals surface area contributed by atoms with E-state index in [4.69, 9.17) is 16.7 Å². The Morgan fingerprint density at radius 2 is 1.94 bits per heavy atom. The Morgan fingerprint density at radius 1 is 1.24 bits per heavy atom. The van der Waals surface area contributed by atoms with Crippen molar-refractivity contribution in [3.8, 4) is 0 Å². The molecule has 2 N–H and O–H groups in total. The number of hydrogen-bond donors (Lipinski definition) is 2. The van der Waals surface area contributed by atoms with Gasteiger partial charge in [-0.1, -0.05) is 11.6 Å². The molecule has 1 aromatic carbocycles. The zero-order valence-electron chi connectivity index (χ0n) is 8.72. The number of aromatic nitrogens is 1. The molecule has 0 bridgehead atoms. The highest BCUT2D eigenvalue weighted by Crippen LogP contribution is 2.21. The van der Waals surface area contributed by atoms with Gasteiger partial charge in [0.15, 0.2) is 0 Å². The number of anilines is 2. The van der Waals surface area contributed by atoms with Crippen molar-refractivity contribution in [1.82, 2.24) is 4.98 Å². The van der Waals surface area contributed by atoms with E-state index in [1.165, 1.54) is 12.4 Å². The van der Waals surface area contributed by atoms with Crippen molar-refractivity contribution in [2.45, 2.75) is 0 Å². The van der Waals surface area contributed by atoms with Gasteiger partial charge in [0.1, 0.15) is 5.56 Å². The fourth-order valence-electron chi connectivity index (χ4n) is 1.36. The molecule has 0 saturated carbocycles. The van der Waals surface area contributed by atoms with E-state index in [2.05, 4.69) is 10.3 Å². The molecule has 86 valence electrons. The highest BCUT2D eigenvalue weighted by molar-refractivity contribution is 6.30. The number of carbonyl (C=O) groups is 1. The van der Waals surface area contributed by atoms with E-state index >= 15 is 0 Å². The van der Waals surface area contributed by atoms with Crippen molar-refractivity contribution in [1.29, 1.82) is 0 Å². The maximum atomic E-state index is 11.0. The van der Waals surface area contributed by atoms with Crippen LogP contribution in [0.5, 0.6) is 0 Å². The molecule has 0 aliphatic heterocycles. The summed E-state index contributed by atoms with van der Waals surface area (Å²) in [5, 5.41) is 12.6. The zero-order chi connectivity index (χ0) is 12.3. The van der Waals surface area contributed by atoms with Crippen LogP contribution >= 0.6 is 11.6 Å². The molecule has 0 radical (unpaired) electrons. The monoisotopic (exact) mass is 248 g/mol. The van der Waals surface area contributed by atoms with Crippen LogP contribution in [-0.4, -0.2) is 16.1 Å². The van der Waals surface area contributed by atoms with Gasteiger partial charge in [0.2, 0.25) is 0 Å². The molecule has 0 unspecified atom stereocenters. The topological polar surface area (TPSA) is 62.2 Å². The summed E-state index contributed by atoms with van der Waals surface area (Å²) in [6.07, 6.45) is 2.84. The molecule has 17 heavy (non-hydrogen) atoms. The first kappa shape index (κ1) is 11.4. The SMILES string of the molecule is O=C(O)c1cnccc1Nc1ccc(Cl)cc1. The molecule has 0 fully saturated rings. The molecular weight excluding hydrogens is 240 g/mol. The first-order valence-corrected chi connectivity index (χ1v) is 5.24. The molecule has 0 amide bonds. The van der Waals surface area contributed by atoms with E-state index < -0.39 is 5.97 Å². The molecule has 5 heteroatoms. The second-order valence-corrected chi connectivity index (χ2v) is 3.79. The lowest BCUT2D eigenvalue weighted by Crippen LogP contribution is -2.03. The molecule has 0 aliphatic rings. The van der Waals surface area contributed by atoms with E-state index in [0.717, 1.165) is 5.69 Å². The van der Waals surface area contributed by atoms with E-state index in [1.807, 2.05) is 0 Å². The zero-order valence-corrected chi connectivity index (χ0v) is 9.48. The second-order valence-electron chi connectivity index (χ2n) is 3.36. The van der Waals surface area contributed by atoms with Crippen molar-refractivity contribution in [3.63, 3.8) is 0 Å². The number of nitrogens with one attached hydrogen (secondary N) is 1. The molecule has 2 aromatic rings. The second kappa shape index (κ2) is 4.84. The van der Waals surface area contributed by atoms with Gasteiger partial charge >= 0.3 is 5.97 Å². The summed E-state index contributed by atoms with van der Waals surface area (Å²) >= 11 is 5.76. The van der Waals surface area contributed by atoms with Crippen LogP contribution in [0.2, 0.25) is 5.02 Å². The van der Waals surface area contributed by atoms with Gasteiger partial charge in [-0.15, -0.1) is 0 Å². The van der Waals surface area contributed by atoms with E-state index in [1.54, 1.807) is 30.3 Å². The Bertz CT molecular complexity index is 540. The van der Waals surface area contributed by atoms with Gasteiger partial charge in [-0.05, 0) is 30.3 Å². The van der Waals surface area contributed by atoms with Gasteiger partial charge in [0.05, 0.1) is 5.69 Å². The average Bonchev–Trinajstić information content (AvgIpc) is 2.32. The predicted octanol–water partition coefficient (Wildman–Crippen LogP) is 3.18. The lowest BCUT2D eigenvalue weighted by Gasteiger charge is -2.08. The summed E-state index contributed by atoms with van der Waals surface area (Å²) in [4.78, 5) is 14.7. The summed E-state index contributed by atoms with van der Waals surface area (Å²) in [6.45, 7) is 0. The standard InChI is InChI=1S/C12H9ClN2O2/c13-8-1-3-9(4-2-8)15-11-5-6-14-7-10(11)12(16)17/h1-7H,(H,14,15)(H,16,17). The number of aromatic carboxylic acids is 1. The third-order valence-corrected chi connectivity index (χ3v) is 2.43. The van der Waals surface area contributed by atoms with Crippen molar-refractivity contribution in [3.05, 3.63) is 53.3 Å². The smallest absolute Gasteiger partial charge is 0.339 e. The number of pyridine rings is 1. The first-order valence-electron chi connectivity index (χ1n) is 4.87. The molecule has 0 atom stereocenters. The Hall–Kier alpha value is -2.07. The van der Waals surface area contributed by atoms with Crippen molar-refractivity contribution < 1.29 is 9.90 Å². The minimum Gasteiger partial charge on any atom is -0.478 e. The van der Waals surface area contributed by atoms with Crippen LogP contribution in [0.3, 0.4) is 0 Å². The minimum atomic E-state index is -1.02. The van der Waals surface area contributed by atoms with Gasteiger partial charge in [-0.25, -0.2) is 4.79 Å². The van der Waals surface area contributed by atoms with Crippen LogP contribution in [0, 0.1) is 0 Å². The normalized spacial score (nSPS) is 9.94. The molecule has 0 saturated heterocycles. The summed E-state index contributed by atoms with van der Waals surface area (Å²) < 4.78 is 0. The fraction of sp³-hybridized carbons (Fsp3) is 0. The molecule has 1 heterocycles. The quantitative estimate of drug-likeness (QED) is 0.876. The lowest BCUT2D eigenvalue weighted by molar-refractivity contribution is 0.0697. The van der Waals surface area contributed by atoms with E-state index in [0.29, 0.717) is 10.7 Å². The molecule has 0 aliphatic carbocycles. The number of carboxylic acid groups (broad SMARTS) is 1. The summed E-state index contributed by atoms with van der Waals surface area (Å²) in [7, 11) is 0. The van der Waals surface area contributed by atoms with Crippen molar-refractivity contribution in [2.24, 2.45) is 0 Å². The van der Waals surface area contributed by atoms with Gasteiger partial charge in [-0.2, -0.15) is 0 Å². The van der Waals surface area contributed by atoms with Crippen LogP contribution in [0.1, 0.15) is 10.4 Å². The van der Waals surface area contributed by atoms with E-state index in [9.17, 15) is 4.79 Å². The van der Waals surface area contributed by atoms with Crippen LogP contribution in [0.4, 0.5) is 11.4 Å². The summed E-state index contributed by atoms with van der Waals surface area (Å²) in [6, 6.07) is 8.61. The maximum absolute atomic E-state index is 11.0. The molecule has 0 spiro atoms. The Labute approximate surface area is 103 Å². The molecule has 4 nitrogen and oxygen atoms in total. The highest BCUT2D eigenvalue weighted by atomic mass is 35.5. The number of carboxylic acids is 1. The van der Waals surface area contributed by atoms with E-state index in [-0.39, 0.29) is 5.56 Å². The van der Waals surface area contributed by atoms with Gasteiger partial charge < -0.3 is 10.4 Å². The fourth-order valence-corrected chi connectivity index (χ4v) is 1.49. The van der Waals surface area contributed by atoms with Crippen molar-refractivity contribution in [2.75, 3.05) is 5.32 Å². The Kier molecular flexibility index (Phi) is 3.25. The summed E-state index contributed by atoms with van der Waals surface area (Å²) in [5.41, 5.74) is 1.39. The molecule has 2 rings (SSSR count). The maximum Gasteiger partial charge on any atom is 0.339 e. The van der Waals surface area contributed by atoms with Crippen LogP contribution in [0.25, 0.3) is 0 Å². The number of nitrogens with zero attached hydrogens (tertiary/aromatic N) is 1. The number of hydrogen-bond acceptors (Lipinski definition) is 3. The van der Waals surface area contributed by atoms with Gasteiger partial charge in [0.25, 0.3) is 0 Å². The molecule has 1 aromatic heterocycles. The Balaban J connectivity index is 2.30. The van der Waals surface area contributed by atoms with Crippen LogP contribution < -0.4 is 5.32 Å².